The number of rotatable bonds is 7. The number of benzene rings is 3. The number of anilines is 1. The first kappa shape index (κ1) is 25.1. The fourth-order valence-corrected chi connectivity index (χ4v) is 5.67. The Morgan fingerprint density at radius 2 is 1.58 bits per heavy atom. The molecule has 0 spiro atoms. The molecule has 1 N–H and O–H groups in total. The molecule has 0 fully saturated rings. The summed E-state index contributed by atoms with van der Waals surface area (Å²) in [5.74, 6) is -0.453. The molecule has 0 aliphatic carbocycles. The average Bonchev–Trinajstić information content (AvgIpc) is 2.75. The molecular formula is C25H26Cl2N2O3S. The number of hydrogen-bond donors (Lipinski definition) is 1. The second-order valence-corrected chi connectivity index (χ2v) is 10.7. The molecule has 8 heteroatoms. The third-order valence-electron chi connectivity index (χ3n) is 5.52. The maximum absolute atomic E-state index is 13.5. The number of carbonyl (C=O) groups is 1. The molecule has 3 rings (SSSR count). The molecule has 174 valence electrons. The van der Waals surface area contributed by atoms with Crippen molar-refractivity contribution in [3.63, 3.8) is 0 Å². The smallest absolute Gasteiger partial charge is 0.264 e. The van der Waals surface area contributed by atoms with Crippen LogP contribution in [0.5, 0.6) is 0 Å². The first-order chi connectivity index (χ1) is 15.5. The quantitative estimate of drug-likeness (QED) is 0.429. The number of amides is 1. The number of aryl methyl sites for hydroxylation is 3. The van der Waals surface area contributed by atoms with Gasteiger partial charge in [0.1, 0.15) is 6.54 Å². The number of halogens is 2. The van der Waals surface area contributed by atoms with Gasteiger partial charge in [0.2, 0.25) is 5.91 Å². The monoisotopic (exact) mass is 504 g/mol. The number of sulfonamides is 1. The Morgan fingerprint density at radius 3 is 2.21 bits per heavy atom. The standard InChI is InChI=1S/C25H26Cl2N2O3S/c1-16-12-18(3)22(13-17(16)2)19(4)28-25(30)15-29(24-11-10-20(26)14-23(24)27)33(31,32)21-8-6-5-7-9-21/h5-14,19H,15H2,1-4H3,(H,28,30)/t19-/m0/s1. The van der Waals surface area contributed by atoms with Crippen LogP contribution in [0.15, 0.2) is 65.6 Å². The Kier molecular flexibility index (Phi) is 7.73. The molecule has 0 aromatic heterocycles. The van der Waals surface area contributed by atoms with E-state index in [2.05, 4.69) is 11.4 Å². The molecule has 1 amide bonds. The van der Waals surface area contributed by atoms with Crippen LogP contribution in [0.4, 0.5) is 5.69 Å². The Balaban J connectivity index is 1.93. The lowest BCUT2D eigenvalue weighted by molar-refractivity contribution is -0.120. The summed E-state index contributed by atoms with van der Waals surface area (Å²) in [5.41, 5.74) is 4.51. The zero-order valence-corrected chi connectivity index (χ0v) is 21.2. The SMILES string of the molecule is Cc1cc(C)c([C@H](C)NC(=O)CN(c2ccc(Cl)cc2Cl)S(=O)(=O)c2ccccc2)cc1C. The van der Waals surface area contributed by atoms with Crippen LogP contribution in [0.1, 0.15) is 35.2 Å². The minimum Gasteiger partial charge on any atom is -0.348 e. The highest BCUT2D eigenvalue weighted by Crippen LogP contribution is 2.32. The van der Waals surface area contributed by atoms with Crippen molar-refractivity contribution in [1.29, 1.82) is 0 Å². The molecule has 0 saturated carbocycles. The molecular weight excluding hydrogens is 479 g/mol. The first-order valence-corrected chi connectivity index (χ1v) is 12.6. The van der Waals surface area contributed by atoms with Crippen LogP contribution in [-0.2, 0) is 14.8 Å². The fraction of sp³-hybridized carbons (Fsp3) is 0.240. The number of nitrogens with zero attached hydrogens (tertiary/aromatic N) is 1. The summed E-state index contributed by atoms with van der Waals surface area (Å²) >= 11 is 12.3. The Hall–Kier alpha value is -2.54. The molecule has 0 saturated heterocycles. The number of nitrogens with one attached hydrogen (secondary N) is 1. The van der Waals surface area contributed by atoms with Gasteiger partial charge in [0.15, 0.2) is 0 Å². The van der Waals surface area contributed by atoms with E-state index in [0.29, 0.717) is 5.02 Å². The summed E-state index contributed by atoms with van der Waals surface area (Å²) in [6.45, 7) is 7.48. The van der Waals surface area contributed by atoms with Gasteiger partial charge < -0.3 is 5.32 Å². The van der Waals surface area contributed by atoms with Gasteiger partial charge in [-0.1, -0.05) is 53.5 Å². The lowest BCUT2D eigenvalue weighted by Gasteiger charge is -2.26. The van der Waals surface area contributed by atoms with E-state index >= 15 is 0 Å². The number of hydrogen-bond acceptors (Lipinski definition) is 3. The highest BCUT2D eigenvalue weighted by Gasteiger charge is 2.29. The minimum atomic E-state index is -4.06. The van der Waals surface area contributed by atoms with Crippen LogP contribution in [0, 0.1) is 20.8 Å². The molecule has 0 unspecified atom stereocenters. The third kappa shape index (κ3) is 5.69. The van der Waals surface area contributed by atoms with Gasteiger partial charge in [-0.3, -0.25) is 9.10 Å². The highest BCUT2D eigenvalue weighted by molar-refractivity contribution is 7.92. The van der Waals surface area contributed by atoms with Gasteiger partial charge in [-0.05, 0) is 80.3 Å². The average molecular weight is 505 g/mol. The van der Waals surface area contributed by atoms with Gasteiger partial charge in [-0.25, -0.2) is 8.42 Å². The van der Waals surface area contributed by atoms with Crippen molar-refractivity contribution in [3.05, 3.63) is 93.0 Å². The Bertz CT molecular complexity index is 1280. The van der Waals surface area contributed by atoms with E-state index in [4.69, 9.17) is 23.2 Å². The molecule has 33 heavy (non-hydrogen) atoms. The van der Waals surface area contributed by atoms with Crippen molar-refractivity contribution in [2.24, 2.45) is 0 Å². The van der Waals surface area contributed by atoms with Crippen LogP contribution in [-0.4, -0.2) is 20.9 Å². The summed E-state index contributed by atoms with van der Waals surface area (Å²) < 4.78 is 27.9. The molecule has 3 aromatic rings. The maximum atomic E-state index is 13.5. The van der Waals surface area contributed by atoms with E-state index in [1.165, 1.54) is 35.9 Å². The van der Waals surface area contributed by atoms with Crippen LogP contribution in [0.3, 0.4) is 0 Å². The zero-order chi connectivity index (χ0) is 24.3. The van der Waals surface area contributed by atoms with Crippen molar-refractivity contribution < 1.29 is 13.2 Å². The molecule has 0 radical (unpaired) electrons. The molecule has 0 heterocycles. The van der Waals surface area contributed by atoms with Gasteiger partial charge >= 0.3 is 0 Å². The molecule has 0 bridgehead atoms. The summed E-state index contributed by atoms with van der Waals surface area (Å²) in [6.07, 6.45) is 0. The summed E-state index contributed by atoms with van der Waals surface area (Å²) in [5, 5.41) is 3.42. The van der Waals surface area contributed by atoms with E-state index in [0.717, 1.165) is 21.0 Å². The summed E-state index contributed by atoms with van der Waals surface area (Å²) in [7, 11) is -4.06. The topological polar surface area (TPSA) is 66.5 Å². The molecule has 0 aliphatic rings. The van der Waals surface area contributed by atoms with Crippen LogP contribution >= 0.6 is 23.2 Å². The predicted octanol–water partition coefficient (Wildman–Crippen LogP) is 5.99. The van der Waals surface area contributed by atoms with Crippen molar-refractivity contribution in [2.45, 2.75) is 38.6 Å². The van der Waals surface area contributed by atoms with Gasteiger partial charge in [0.25, 0.3) is 10.0 Å². The van der Waals surface area contributed by atoms with Gasteiger partial charge in [-0.15, -0.1) is 0 Å². The van der Waals surface area contributed by atoms with Crippen molar-refractivity contribution in [3.8, 4) is 0 Å². The first-order valence-electron chi connectivity index (χ1n) is 10.4. The molecule has 3 aromatic carbocycles. The highest BCUT2D eigenvalue weighted by atomic mass is 35.5. The summed E-state index contributed by atoms with van der Waals surface area (Å²) in [6, 6.07) is 16.2. The van der Waals surface area contributed by atoms with Crippen LogP contribution < -0.4 is 9.62 Å². The van der Waals surface area contributed by atoms with Crippen LogP contribution in [0.25, 0.3) is 0 Å². The second-order valence-electron chi connectivity index (χ2n) is 8.00. The predicted molar refractivity (Wildman–Crippen MR) is 135 cm³/mol. The van der Waals surface area contributed by atoms with Crippen molar-refractivity contribution >= 4 is 44.8 Å². The molecule has 5 nitrogen and oxygen atoms in total. The third-order valence-corrected chi connectivity index (χ3v) is 7.83. The van der Waals surface area contributed by atoms with E-state index in [1.807, 2.05) is 33.8 Å². The molecule has 0 aliphatic heterocycles. The zero-order valence-electron chi connectivity index (χ0n) is 18.9. The van der Waals surface area contributed by atoms with Gasteiger partial charge in [0, 0.05) is 5.02 Å². The lowest BCUT2D eigenvalue weighted by Crippen LogP contribution is -2.41. The van der Waals surface area contributed by atoms with Crippen molar-refractivity contribution in [2.75, 3.05) is 10.8 Å². The Morgan fingerprint density at radius 1 is 0.939 bits per heavy atom. The number of carbonyl (C=O) groups excluding carboxylic acids is 1. The Labute approximate surface area is 205 Å². The normalized spacial score (nSPS) is 12.3. The van der Waals surface area contributed by atoms with Gasteiger partial charge in [-0.2, -0.15) is 0 Å². The van der Waals surface area contributed by atoms with Crippen molar-refractivity contribution in [1.82, 2.24) is 5.32 Å². The van der Waals surface area contributed by atoms with E-state index < -0.39 is 22.5 Å². The van der Waals surface area contributed by atoms with E-state index in [9.17, 15) is 13.2 Å². The summed E-state index contributed by atoms with van der Waals surface area (Å²) in [4.78, 5) is 13.1. The van der Waals surface area contributed by atoms with E-state index in [-0.39, 0.29) is 21.6 Å². The van der Waals surface area contributed by atoms with Gasteiger partial charge in [0.05, 0.1) is 21.6 Å². The minimum absolute atomic E-state index is 0.0573. The lowest BCUT2D eigenvalue weighted by atomic mass is 9.96. The maximum Gasteiger partial charge on any atom is 0.264 e. The molecule has 1 atom stereocenters. The second kappa shape index (κ2) is 10.2. The van der Waals surface area contributed by atoms with E-state index in [1.54, 1.807) is 18.2 Å². The fourth-order valence-electron chi connectivity index (χ4n) is 3.65. The largest absolute Gasteiger partial charge is 0.348 e. The van der Waals surface area contributed by atoms with Crippen LogP contribution in [0.2, 0.25) is 10.0 Å².